The van der Waals surface area contributed by atoms with E-state index in [2.05, 4.69) is 10.3 Å². The Kier molecular flexibility index (Phi) is 6.36. The van der Waals surface area contributed by atoms with E-state index in [4.69, 9.17) is 4.74 Å². The number of hydrogen-bond donors (Lipinski definition) is 1. The highest BCUT2D eigenvalue weighted by Gasteiger charge is 2.36. The predicted molar refractivity (Wildman–Crippen MR) is 112 cm³/mol. The van der Waals surface area contributed by atoms with Crippen LogP contribution in [0.1, 0.15) is 17.5 Å². The Balaban J connectivity index is 1.56. The zero-order valence-corrected chi connectivity index (χ0v) is 17.0. The van der Waals surface area contributed by atoms with Crippen LogP contribution in [-0.4, -0.2) is 41.3 Å². The quantitative estimate of drug-likeness (QED) is 0.812. The Morgan fingerprint density at radius 2 is 1.86 bits per heavy atom. The van der Waals surface area contributed by atoms with E-state index in [0.29, 0.717) is 11.7 Å². The lowest BCUT2D eigenvalue weighted by Gasteiger charge is -2.09. The fourth-order valence-electron chi connectivity index (χ4n) is 2.71. The van der Waals surface area contributed by atoms with E-state index in [0.717, 1.165) is 22.6 Å². The fraction of sp³-hybridized carbons (Fsp3) is 0.286. The standard InChI is InChI=1S/C21H23N3O3S/c1-14-4-8-16(9-5-14)23-21-24(2)20(26)18(28-21)12-19(25)22-13-15-6-10-17(27-3)11-7-15/h4-11,18H,12-13H2,1-3H3,(H,22,25)/t18-/m1/s1. The summed E-state index contributed by atoms with van der Waals surface area (Å²) in [5, 5.41) is 3.02. The number of rotatable bonds is 6. The van der Waals surface area contributed by atoms with Crippen molar-refractivity contribution in [1.82, 2.24) is 10.2 Å². The number of ether oxygens (including phenoxy) is 1. The van der Waals surface area contributed by atoms with Crippen LogP contribution in [0.15, 0.2) is 53.5 Å². The second-order valence-electron chi connectivity index (χ2n) is 6.56. The third-order valence-corrected chi connectivity index (χ3v) is 5.65. The van der Waals surface area contributed by atoms with E-state index in [1.54, 1.807) is 14.2 Å². The topological polar surface area (TPSA) is 71.0 Å². The van der Waals surface area contributed by atoms with E-state index in [9.17, 15) is 9.59 Å². The highest BCUT2D eigenvalue weighted by Crippen LogP contribution is 2.30. The van der Waals surface area contributed by atoms with Crippen molar-refractivity contribution in [3.8, 4) is 5.75 Å². The average molecular weight is 398 g/mol. The number of carbonyl (C=O) groups excluding carboxylic acids is 2. The van der Waals surface area contributed by atoms with Gasteiger partial charge in [-0.25, -0.2) is 4.99 Å². The second kappa shape index (κ2) is 8.93. The van der Waals surface area contributed by atoms with Crippen LogP contribution in [0.4, 0.5) is 5.69 Å². The molecule has 2 amide bonds. The first-order valence-electron chi connectivity index (χ1n) is 8.95. The molecule has 2 aromatic carbocycles. The van der Waals surface area contributed by atoms with Gasteiger partial charge in [-0.1, -0.05) is 41.6 Å². The number of carbonyl (C=O) groups is 2. The molecule has 1 atom stereocenters. The van der Waals surface area contributed by atoms with Gasteiger partial charge in [0.25, 0.3) is 0 Å². The van der Waals surface area contributed by atoms with Crippen LogP contribution in [0.2, 0.25) is 0 Å². The van der Waals surface area contributed by atoms with Gasteiger partial charge >= 0.3 is 0 Å². The SMILES string of the molecule is COc1ccc(CNC(=O)C[C@H]2SC(=Nc3ccc(C)cc3)N(C)C2=O)cc1. The Hall–Kier alpha value is -2.80. The largest absolute Gasteiger partial charge is 0.497 e. The molecule has 0 unspecified atom stereocenters. The van der Waals surface area contributed by atoms with Crippen LogP contribution in [0, 0.1) is 6.92 Å². The van der Waals surface area contributed by atoms with Gasteiger partial charge in [-0.2, -0.15) is 0 Å². The molecular formula is C21H23N3O3S. The van der Waals surface area contributed by atoms with Crippen molar-refractivity contribution in [2.24, 2.45) is 4.99 Å². The van der Waals surface area contributed by atoms with Gasteiger partial charge < -0.3 is 10.1 Å². The van der Waals surface area contributed by atoms with Gasteiger partial charge in [-0.15, -0.1) is 0 Å². The van der Waals surface area contributed by atoms with Crippen molar-refractivity contribution in [3.63, 3.8) is 0 Å². The van der Waals surface area contributed by atoms with Gasteiger partial charge in [0.1, 0.15) is 11.0 Å². The van der Waals surface area contributed by atoms with Gasteiger partial charge in [0, 0.05) is 20.0 Å². The van der Waals surface area contributed by atoms with Gasteiger partial charge in [0.15, 0.2) is 5.17 Å². The predicted octanol–water partition coefficient (Wildman–Crippen LogP) is 3.27. The summed E-state index contributed by atoms with van der Waals surface area (Å²) in [7, 11) is 3.30. The number of aliphatic imine (C=N–C) groups is 1. The third kappa shape index (κ3) is 4.92. The lowest BCUT2D eigenvalue weighted by molar-refractivity contribution is -0.128. The van der Waals surface area contributed by atoms with Crippen molar-refractivity contribution in [3.05, 3.63) is 59.7 Å². The minimum Gasteiger partial charge on any atom is -0.497 e. The molecule has 28 heavy (non-hydrogen) atoms. The Morgan fingerprint density at radius 1 is 1.18 bits per heavy atom. The van der Waals surface area contributed by atoms with E-state index < -0.39 is 5.25 Å². The first-order chi connectivity index (χ1) is 13.5. The molecule has 7 heteroatoms. The molecule has 1 heterocycles. The molecule has 146 valence electrons. The monoisotopic (exact) mass is 397 g/mol. The van der Waals surface area contributed by atoms with Crippen LogP contribution in [0.3, 0.4) is 0 Å². The van der Waals surface area contributed by atoms with Gasteiger partial charge in [0.05, 0.1) is 12.8 Å². The summed E-state index contributed by atoms with van der Waals surface area (Å²) in [6.45, 7) is 2.42. The van der Waals surface area contributed by atoms with E-state index >= 15 is 0 Å². The number of nitrogens with zero attached hydrogens (tertiary/aromatic N) is 2. The molecular weight excluding hydrogens is 374 g/mol. The summed E-state index contributed by atoms with van der Waals surface area (Å²) < 4.78 is 5.12. The summed E-state index contributed by atoms with van der Waals surface area (Å²) in [4.78, 5) is 30.8. The minimum absolute atomic E-state index is 0.101. The molecule has 0 radical (unpaired) electrons. The first-order valence-corrected chi connectivity index (χ1v) is 9.83. The average Bonchev–Trinajstić information content (AvgIpc) is 2.96. The van der Waals surface area contributed by atoms with Crippen LogP contribution in [0.5, 0.6) is 5.75 Å². The molecule has 0 saturated carbocycles. The maximum absolute atomic E-state index is 12.5. The first kappa shape index (κ1) is 19.9. The molecule has 0 aromatic heterocycles. The third-order valence-electron chi connectivity index (χ3n) is 4.42. The van der Waals surface area contributed by atoms with Crippen LogP contribution < -0.4 is 10.1 Å². The number of thioether (sulfide) groups is 1. The van der Waals surface area contributed by atoms with Crippen molar-refractivity contribution >= 4 is 34.4 Å². The molecule has 1 aliphatic heterocycles. The van der Waals surface area contributed by atoms with Crippen molar-refractivity contribution in [2.75, 3.05) is 14.2 Å². The van der Waals surface area contributed by atoms with E-state index in [1.165, 1.54) is 16.7 Å². The lowest BCUT2D eigenvalue weighted by atomic mass is 10.2. The number of hydrogen-bond acceptors (Lipinski definition) is 5. The van der Waals surface area contributed by atoms with Crippen LogP contribution in [-0.2, 0) is 16.1 Å². The lowest BCUT2D eigenvalue weighted by Crippen LogP contribution is -2.32. The highest BCUT2D eigenvalue weighted by molar-refractivity contribution is 8.15. The van der Waals surface area contributed by atoms with Crippen LogP contribution >= 0.6 is 11.8 Å². The smallest absolute Gasteiger partial charge is 0.242 e. The molecule has 6 nitrogen and oxygen atoms in total. The van der Waals surface area contributed by atoms with Crippen molar-refractivity contribution < 1.29 is 14.3 Å². The zero-order valence-electron chi connectivity index (χ0n) is 16.1. The Labute approximate surface area is 169 Å². The molecule has 2 aromatic rings. The van der Waals surface area contributed by atoms with Crippen LogP contribution in [0.25, 0.3) is 0 Å². The Bertz CT molecular complexity index is 879. The summed E-state index contributed by atoms with van der Waals surface area (Å²) in [5.41, 5.74) is 2.91. The molecule has 0 bridgehead atoms. The Morgan fingerprint density at radius 3 is 2.50 bits per heavy atom. The molecule has 0 spiro atoms. The fourth-order valence-corrected chi connectivity index (χ4v) is 3.87. The maximum atomic E-state index is 12.5. The molecule has 1 aliphatic rings. The summed E-state index contributed by atoms with van der Waals surface area (Å²) in [6.07, 6.45) is 0.122. The normalized spacial score (nSPS) is 17.8. The number of amides is 2. The zero-order chi connectivity index (χ0) is 20.1. The number of nitrogens with one attached hydrogen (secondary N) is 1. The number of aryl methyl sites for hydroxylation is 1. The maximum Gasteiger partial charge on any atom is 0.242 e. The molecule has 1 N–H and O–H groups in total. The van der Waals surface area contributed by atoms with E-state index in [-0.39, 0.29) is 18.2 Å². The molecule has 0 aliphatic carbocycles. The van der Waals surface area contributed by atoms with Crippen molar-refractivity contribution in [2.45, 2.75) is 25.1 Å². The second-order valence-corrected chi connectivity index (χ2v) is 7.73. The molecule has 3 rings (SSSR count). The number of benzene rings is 2. The molecule has 1 saturated heterocycles. The summed E-state index contributed by atoms with van der Waals surface area (Å²) in [6, 6.07) is 15.3. The summed E-state index contributed by atoms with van der Waals surface area (Å²) in [5.74, 6) is 0.508. The van der Waals surface area contributed by atoms with Gasteiger partial charge in [-0.05, 0) is 36.8 Å². The highest BCUT2D eigenvalue weighted by atomic mass is 32.2. The minimum atomic E-state index is -0.454. The number of amidine groups is 1. The van der Waals surface area contributed by atoms with E-state index in [1.807, 2.05) is 55.5 Å². The molecule has 1 fully saturated rings. The van der Waals surface area contributed by atoms with Crippen molar-refractivity contribution in [1.29, 1.82) is 0 Å². The van der Waals surface area contributed by atoms with Gasteiger partial charge in [0.2, 0.25) is 11.8 Å². The number of methoxy groups -OCH3 is 1. The van der Waals surface area contributed by atoms with Gasteiger partial charge in [-0.3, -0.25) is 14.5 Å². The summed E-state index contributed by atoms with van der Waals surface area (Å²) >= 11 is 1.33.